The van der Waals surface area contributed by atoms with Crippen molar-refractivity contribution in [1.82, 2.24) is 9.21 Å². The molecule has 29 heavy (non-hydrogen) atoms. The third-order valence-electron chi connectivity index (χ3n) is 5.10. The Morgan fingerprint density at radius 1 is 1.10 bits per heavy atom. The molecular weight excluding hydrogens is 392 g/mol. The number of likely N-dealkylation sites (tertiary alicyclic amines) is 1. The van der Waals surface area contributed by atoms with Gasteiger partial charge in [0.1, 0.15) is 12.6 Å². The van der Waals surface area contributed by atoms with Crippen LogP contribution >= 0.6 is 0 Å². The molecular formula is C21H24N2O5S. The molecule has 0 spiro atoms. The zero-order valence-electron chi connectivity index (χ0n) is 16.6. The summed E-state index contributed by atoms with van der Waals surface area (Å²) < 4.78 is 32.3. The first-order valence-electron chi connectivity index (χ1n) is 9.32. The predicted molar refractivity (Wildman–Crippen MR) is 107 cm³/mol. The normalized spacial score (nSPS) is 19.2. The van der Waals surface area contributed by atoms with E-state index in [0.717, 1.165) is 15.4 Å². The molecule has 1 amide bonds. The lowest BCUT2D eigenvalue weighted by atomic mass is 9.88. The number of hydrogen-bond donors (Lipinski definition) is 0. The first-order valence-corrected chi connectivity index (χ1v) is 10.8. The number of benzene rings is 2. The molecule has 1 aliphatic rings. The van der Waals surface area contributed by atoms with Crippen LogP contribution in [-0.2, 0) is 24.3 Å². The molecule has 7 nitrogen and oxygen atoms in total. The lowest BCUT2D eigenvalue weighted by Crippen LogP contribution is -2.66. The summed E-state index contributed by atoms with van der Waals surface area (Å²) >= 11 is 0. The number of nitrogens with zero attached hydrogens (tertiary/aromatic N) is 2. The van der Waals surface area contributed by atoms with Gasteiger partial charge in [0.2, 0.25) is 15.9 Å². The van der Waals surface area contributed by atoms with Crippen LogP contribution in [0.1, 0.15) is 24.1 Å². The van der Waals surface area contributed by atoms with E-state index in [-0.39, 0.29) is 10.8 Å². The van der Waals surface area contributed by atoms with Gasteiger partial charge in [-0.2, -0.15) is 4.31 Å². The van der Waals surface area contributed by atoms with Crippen LogP contribution < -0.4 is 0 Å². The third-order valence-corrected chi connectivity index (χ3v) is 6.94. The summed E-state index contributed by atoms with van der Waals surface area (Å²) in [4.78, 5) is 26.6. The number of sulfonamides is 1. The van der Waals surface area contributed by atoms with Crippen LogP contribution in [0.2, 0.25) is 0 Å². The van der Waals surface area contributed by atoms with E-state index in [1.807, 2.05) is 38.1 Å². The van der Waals surface area contributed by atoms with Gasteiger partial charge < -0.3 is 9.64 Å². The first kappa shape index (κ1) is 21.0. The van der Waals surface area contributed by atoms with Gasteiger partial charge in [-0.1, -0.05) is 48.0 Å². The highest BCUT2D eigenvalue weighted by Gasteiger charge is 2.54. The van der Waals surface area contributed by atoms with Gasteiger partial charge in [-0.25, -0.2) is 8.42 Å². The van der Waals surface area contributed by atoms with Crippen LogP contribution in [0.3, 0.4) is 0 Å². The number of β-lactam (4-membered cyclic amide) rings is 1. The lowest BCUT2D eigenvalue weighted by Gasteiger charge is -2.50. The van der Waals surface area contributed by atoms with Crippen LogP contribution in [0, 0.1) is 6.92 Å². The summed E-state index contributed by atoms with van der Waals surface area (Å²) in [6, 6.07) is 13.9. The Hall–Kier alpha value is -2.71. The quantitative estimate of drug-likeness (QED) is 0.510. The highest BCUT2D eigenvalue weighted by molar-refractivity contribution is 7.89. The molecule has 0 aliphatic carbocycles. The zero-order valence-corrected chi connectivity index (χ0v) is 17.4. The molecule has 1 saturated heterocycles. The van der Waals surface area contributed by atoms with Gasteiger partial charge in [-0.05, 0) is 31.5 Å². The number of methoxy groups -OCH3 is 1. The van der Waals surface area contributed by atoms with Crippen molar-refractivity contribution in [3.05, 3.63) is 65.7 Å². The molecule has 2 aromatic rings. The first-order chi connectivity index (χ1) is 13.8. The SMILES string of the molecule is CCN1C(=O)C(N(CC(=O)OC)S(=O)(=O)c2ccccc2)C1c1ccc(C)cc1. The second kappa shape index (κ2) is 8.34. The van der Waals surface area contributed by atoms with Crippen LogP contribution in [0.4, 0.5) is 0 Å². The second-order valence-corrected chi connectivity index (χ2v) is 8.75. The number of likely N-dealkylation sites (N-methyl/N-ethyl adjacent to an activating group) is 1. The molecule has 0 N–H and O–H groups in total. The fraction of sp³-hybridized carbons (Fsp3) is 0.333. The molecule has 2 atom stereocenters. The van der Waals surface area contributed by atoms with E-state index in [1.165, 1.54) is 19.2 Å². The summed E-state index contributed by atoms with van der Waals surface area (Å²) in [6.07, 6.45) is 0. The Kier molecular flexibility index (Phi) is 6.04. The molecule has 1 fully saturated rings. The van der Waals surface area contributed by atoms with E-state index in [9.17, 15) is 18.0 Å². The van der Waals surface area contributed by atoms with Crippen molar-refractivity contribution < 1.29 is 22.7 Å². The summed E-state index contributed by atoms with van der Waals surface area (Å²) in [6.45, 7) is 3.69. The maximum atomic E-state index is 13.3. The number of aryl methyl sites for hydroxylation is 1. The van der Waals surface area contributed by atoms with E-state index >= 15 is 0 Å². The van der Waals surface area contributed by atoms with Gasteiger partial charge in [0, 0.05) is 6.54 Å². The van der Waals surface area contributed by atoms with Crippen LogP contribution in [0.25, 0.3) is 0 Å². The van der Waals surface area contributed by atoms with E-state index in [4.69, 9.17) is 4.74 Å². The molecule has 0 aromatic heterocycles. The van der Waals surface area contributed by atoms with Crippen LogP contribution in [-0.4, -0.2) is 55.7 Å². The van der Waals surface area contributed by atoms with E-state index in [0.29, 0.717) is 6.54 Å². The number of hydrogen-bond acceptors (Lipinski definition) is 5. The highest BCUT2D eigenvalue weighted by atomic mass is 32.2. The molecule has 2 aromatic carbocycles. The largest absolute Gasteiger partial charge is 0.468 e. The van der Waals surface area contributed by atoms with E-state index in [1.54, 1.807) is 23.1 Å². The summed E-state index contributed by atoms with van der Waals surface area (Å²) in [5.41, 5.74) is 1.88. The maximum Gasteiger partial charge on any atom is 0.321 e. The van der Waals surface area contributed by atoms with Crippen molar-refractivity contribution in [2.75, 3.05) is 20.2 Å². The fourth-order valence-electron chi connectivity index (χ4n) is 3.54. The molecule has 0 radical (unpaired) electrons. The van der Waals surface area contributed by atoms with Gasteiger partial charge in [0.05, 0.1) is 18.0 Å². The Morgan fingerprint density at radius 3 is 2.28 bits per heavy atom. The Bertz CT molecular complexity index is 989. The van der Waals surface area contributed by atoms with Gasteiger partial charge in [0.15, 0.2) is 0 Å². The van der Waals surface area contributed by atoms with E-state index < -0.39 is 34.6 Å². The van der Waals surface area contributed by atoms with Crippen molar-refractivity contribution in [2.45, 2.75) is 30.8 Å². The van der Waals surface area contributed by atoms with Crippen molar-refractivity contribution in [2.24, 2.45) is 0 Å². The average Bonchev–Trinajstić information content (AvgIpc) is 2.73. The van der Waals surface area contributed by atoms with Crippen molar-refractivity contribution in [3.8, 4) is 0 Å². The predicted octanol–water partition coefficient (Wildman–Crippen LogP) is 2.13. The minimum atomic E-state index is -4.09. The molecule has 0 bridgehead atoms. The number of esters is 1. The molecule has 154 valence electrons. The monoisotopic (exact) mass is 416 g/mol. The summed E-state index contributed by atoms with van der Waals surface area (Å²) in [7, 11) is -2.91. The van der Waals surface area contributed by atoms with E-state index in [2.05, 4.69) is 0 Å². The van der Waals surface area contributed by atoms with Crippen molar-refractivity contribution in [3.63, 3.8) is 0 Å². The highest BCUT2D eigenvalue weighted by Crippen LogP contribution is 2.40. The number of carbonyl (C=O) groups excluding carboxylic acids is 2. The number of amides is 1. The lowest BCUT2D eigenvalue weighted by molar-refractivity contribution is -0.157. The molecule has 3 rings (SSSR count). The summed E-state index contributed by atoms with van der Waals surface area (Å²) in [5.74, 6) is -1.06. The summed E-state index contributed by atoms with van der Waals surface area (Å²) in [5, 5.41) is 0. The van der Waals surface area contributed by atoms with Gasteiger partial charge in [0.25, 0.3) is 0 Å². The Labute approximate surface area is 170 Å². The minimum absolute atomic E-state index is 0.0225. The van der Waals surface area contributed by atoms with Crippen LogP contribution in [0.5, 0.6) is 0 Å². The Morgan fingerprint density at radius 2 is 1.72 bits per heavy atom. The molecule has 1 aliphatic heterocycles. The zero-order chi connectivity index (χ0) is 21.2. The Balaban J connectivity index is 2.07. The molecule has 8 heteroatoms. The molecule has 1 heterocycles. The average molecular weight is 416 g/mol. The van der Waals surface area contributed by atoms with Gasteiger partial charge >= 0.3 is 5.97 Å². The second-order valence-electron chi connectivity index (χ2n) is 6.86. The number of ether oxygens (including phenoxy) is 1. The minimum Gasteiger partial charge on any atom is -0.468 e. The van der Waals surface area contributed by atoms with Gasteiger partial charge in [-0.15, -0.1) is 0 Å². The van der Waals surface area contributed by atoms with Gasteiger partial charge in [-0.3, -0.25) is 9.59 Å². The molecule has 2 unspecified atom stereocenters. The van der Waals surface area contributed by atoms with Crippen molar-refractivity contribution in [1.29, 1.82) is 0 Å². The molecule has 0 saturated carbocycles. The number of rotatable bonds is 7. The third kappa shape index (κ3) is 3.90. The standard InChI is InChI=1S/C21H24N2O5S/c1-4-22-19(16-12-10-15(2)11-13-16)20(21(22)25)23(14-18(24)28-3)29(26,27)17-8-6-5-7-9-17/h5-13,19-20H,4,14H2,1-3H3. The topological polar surface area (TPSA) is 84.0 Å². The number of carbonyl (C=O) groups is 2. The smallest absolute Gasteiger partial charge is 0.321 e. The maximum absolute atomic E-state index is 13.3. The van der Waals surface area contributed by atoms with Crippen molar-refractivity contribution >= 4 is 21.9 Å². The van der Waals surface area contributed by atoms with Crippen LogP contribution in [0.15, 0.2) is 59.5 Å². The fourth-order valence-corrected chi connectivity index (χ4v) is 5.09.